The highest BCUT2D eigenvalue weighted by molar-refractivity contribution is 6.22. The van der Waals surface area contributed by atoms with Crippen molar-refractivity contribution in [2.24, 2.45) is 0 Å². The summed E-state index contributed by atoms with van der Waals surface area (Å²) in [6.45, 7) is 4.55. The van der Waals surface area contributed by atoms with E-state index >= 15 is 0 Å². The van der Waals surface area contributed by atoms with Gasteiger partial charge < -0.3 is 9.15 Å². The topological polar surface area (TPSA) is 123 Å². The molecule has 0 aliphatic carbocycles. The third-order valence-corrected chi connectivity index (χ3v) is 5.56. The number of nitrogens with one attached hydrogen (secondary N) is 1. The van der Waals surface area contributed by atoms with Crippen LogP contribution in [0.3, 0.4) is 0 Å². The number of anilines is 1. The molecule has 1 N–H and O–H groups in total. The molecule has 2 aromatic carbocycles. The average Bonchev–Trinajstić information content (AvgIpc) is 3.28. The van der Waals surface area contributed by atoms with E-state index in [0.29, 0.717) is 0 Å². The first-order valence-electron chi connectivity index (χ1n) is 10.9. The van der Waals surface area contributed by atoms with Gasteiger partial charge >= 0.3 is 5.97 Å². The molecule has 0 bridgehead atoms. The van der Waals surface area contributed by atoms with Crippen LogP contribution in [0.2, 0.25) is 0 Å². The molecule has 1 aromatic heterocycles. The van der Waals surface area contributed by atoms with Crippen molar-refractivity contribution in [2.75, 3.05) is 11.9 Å². The van der Waals surface area contributed by atoms with Crippen molar-refractivity contribution in [1.82, 2.24) is 4.90 Å². The van der Waals surface area contributed by atoms with Gasteiger partial charge in [0.15, 0.2) is 5.78 Å². The number of amides is 3. The molecule has 0 saturated heterocycles. The molecule has 1 aliphatic heterocycles. The lowest BCUT2D eigenvalue weighted by Crippen LogP contribution is -2.29. The Morgan fingerprint density at radius 3 is 2.31 bits per heavy atom. The molecule has 9 heteroatoms. The Kier molecular flexibility index (Phi) is 6.33. The largest absolute Gasteiger partial charge is 0.462 e. The van der Waals surface area contributed by atoms with Gasteiger partial charge in [0.1, 0.15) is 11.3 Å². The number of benzene rings is 2. The first kappa shape index (κ1) is 23.6. The Balaban J connectivity index is 1.61. The number of aryl methyl sites for hydroxylation is 1. The Bertz CT molecular complexity index is 1370. The molecule has 3 amide bonds. The fourth-order valence-corrected chi connectivity index (χ4v) is 3.97. The van der Waals surface area contributed by atoms with Crippen LogP contribution in [-0.2, 0) is 11.3 Å². The van der Waals surface area contributed by atoms with Crippen LogP contribution in [-0.4, -0.2) is 41.0 Å². The SMILES string of the molecule is CCOC(=O)c1c(NC(=O)c2ccc3c(c2)C(=O)N(Cc2ccccc2)C3=O)oc(C)c1C(C)=O. The number of fused-ring (bicyclic) bond motifs is 1. The monoisotopic (exact) mass is 474 g/mol. The average molecular weight is 474 g/mol. The molecule has 35 heavy (non-hydrogen) atoms. The summed E-state index contributed by atoms with van der Waals surface area (Å²) in [7, 11) is 0. The molecule has 2 heterocycles. The number of Topliss-reactive ketones (excluding diaryl/α,β-unsaturated/α-hetero) is 1. The number of carbonyl (C=O) groups is 5. The van der Waals surface area contributed by atoms with Gasteiger partial charge in [0, 0.05) is 5.56 Å². The van der Waals surface area contributed by atoms with Crippen LogP contribution < -0.4 is 5.32 Å². The molecule has 0 saturated carbocycles. The van der Waals surface area contributed by atoms with E-state index in [0.717, 1.165) is 10.5 Å². The Labute approximate surface area is 200 Å². The van der Waals surface area contributed by atoms with Gasteiger partial charge in [-0.1, -0.05) is 30.3 Å². The number of rotatable bonds is 7. The number of carbonyl (C=O) groups excluding carboxylic acids is 5. The second-order valence-electron chi connectivity index (χ2n) is 7.91. The zero-order valence-electron chi connectivity index (χ0n) is 19.3. The van der Waals surface area contributed by atoms with E-state index in [4.69, 9.17) is 9.15 Å². The van der Waals surface area contributed by atoms with Gasteiger partial charge in [-0.2, -0.15) is 0 Å². The van der Waals surface area contributed by atoms with E-state index in [9.17, 15) is 24.0 Å². The van der Waals surface area contributed by atoms with Crippen molar-refractivity contribution < 1.29 is 33.1 Å². The van der Waals surface area contributed by atoms with E-state index < -0.39 is 29.5 Å². The summed E-state index contributed by atoms with van der Waals surface area (Å²) in [5.74, 6) is -2.96. The van der Waals surface area contributed by atoms with Crippen LogP contribution in [0.5, 0.6) is 0 Å². The predicted octanol–water partition coefficient (Wildman–Crippen LogP) is 4.02. The first-order valence-corrected chi connectivity index (χ1v) is 10.9. The van der Waals surface area contributed by atoms with E-state index in [1.165, 1.54) is 32.0 Å². The molecule has 178 valence electrons. The van der Waals surface area contributed by atoms with E-state index in [1.807, 2.05) is 30.3 Å². The maximum atomic E-state index is 13.0. The number of esters is 1. The Morgan fingerprint density at radius 2 is 1.66 bits per heavy atom. The van der Waals surface area contributed by atoms with Gasteiger partial charge in [-0.05, 0) is 44.5 Å². The number of furan rings is 1. The first-order chi connectivity index (χ1) is 16.7. The number of ketones is 1. The summed E-state index contributed by atoms with van der Waals surface area (Å²) in [5, 5.41) is 2.48. The number of hydrogen-bond donors (Lipinski definition) is 1. The maximum Gasteiger partial charge on any atom is 0.344 e. The van der Waals surface area contributed by atoms with Crippen molar-refractivity contribution in [1.29, 1.82) is 0 Å². The van der Waals surface area contributed by atoms with Gasteiger partial charge in [0.05, 0.1) is 29.8 Å². The third kappa shape index (κ3) is 4.35. The van der Waals surface area contributed by atoms with Gasteiger partial charge in [-0.15, -0.1) is 0 Å². The standard InChI is InChI=1S/C26H22N2O7/c1-4-34-26(33)21-20(14(2)29)15(3)35-23(21)27-22(30)17-10-11-18-19(12-17)25(32)28(24(18)31)13-16-8-6-5-7-9-16/h5-12H,4,13H2,1-3H3,(H,27,30). The summed E-state index contributed by atoms with van der Waals surface area (Å²) in [4.78, 5) is 64.3. The van der Waals surface area contributed by atoms with Crippen LogP contribution in [0, 0.1) is 6.92 Å². The van der Waals surface area contributed by atoms with Gasteiger partial charge in [-0.25, -0.2) is 4.79 Å². The van der Waals surface area contributed by atoms with Gasteiger partial charge in [0.2, 0.25) is 5.88 Å². The molecule has 9 nitrogen and oxygen atoms in total. The smallest absolute Gasteiger partial charge is 0.344 e. The third-order valence-electron chi connectivity index (χ3n) is 5.56. The fourth-order valence-electron chi connectivity index (χ4n) is 3.97. The van der Waals surface area contributed by atoms with Crippen molar-refractivity contribution in [2.45, 2.75) is 27.3 Å². The minimum absolute atomic E-state index is 0.0185. The molecule has 4 rings (SSSR count). The highest BCUT2D eigenvalue weighted by atomic mass is 16.5. The van der Waals surface area contributed by atoms with Crippen molar-refractivity contribution in [3.8, 4) is 0 Å². The second kappa shape index (κ2) is 9.38. The maximum absolute atomic E-state index is 13.0. The second-order valence-corrected chi connectivity index (χ2v) is 7.91. The quantitative estimate of drug-likeness (QED) is 0.312. The summed E-state index contributed by atoms with van der Waals surface area (Å²) in [6.07, 6.45) is 0. The zero-order chi connectivity index (χ0) is 25.3. The Hall–Kier alpha value is -4.53. The minimum atomic E-state index is -0.809. The van der Waals surface area contributed by atoms with Gasteiger partial charge in [0.25, 0.3) is 17.7 Å². The molecule has 3 aromatic rings. The minimum Gasteiger partial charge on any atom is -0.462 e. The van der Waals surface area contributed by atoms with Crippen LogP contribution >= 0.6 is 0 Å². The summed E-state index contributed by atoms with van der Waals surface area (Å²) < 4.78 is 10.5. The normalized spacial score (nSPS) is 12.5. The van der Waals surface area contributed by atoms with E-state index in [1.54, 1.807) is 6.92 Å². The predicted molar refractivity (Wildman–Crippen MR) is 124 cm³/mol. The van der Waals surface area contributed by atoms with Crippen LogP contribution in [0.4, 0.5) is 5.88 Å². The van der Waals surface area contributed by atoms with Gasteiger partial charge in [-0.3, -0.25) is 29.4 Å². The van der Waals surface area contributed by atoms with Crippen molar-refractivity contribution in [3.63, 3.8) is 0 Å². The summed E-state index contributed by atoms with van der Waals surface area (Å²) in [5.41, 5.74) is 1.00. The fraction of sp³-hybridized carbons (Fsp3) is 0.192. The van der Waals surface area contributed by atoms with Crippen LogP contribution in [0.25, 0.3) is 0 Å². The molecule has 0 radical (unpaired) electrons. The molecule has 1 aliphatic rings. The Morgan fingerprint density at radius 1 is 0.971 bits per heavy atom. The summed E-state index contributed by atoms with van der Waals surface area (Å²) >= 11 is 0. The molecule has 0 atom stereocenters. The number of ether oxygens (including phenoxy) is 1. The zero-order valence-corrected chi connectivity index (χ0v) is 19.3. The van der Waals surface area contributed by atoms with E-state index in [-0.39, 0.29) is 52.6 Å². The summed E-state index contributed by atoms with van der Waals surface area (Å²) in [6, 6.07) is 13.2. The number of imide groups is 1. The molecule has 0 unspecified atom stereocenters. The lowest BCUT2D eigenvalue weighted by molar-refractivity contribution is 0.0523. The van der Waals surface area contributed by atoms with Crippen molar-refractivity contribution >= 4 is 35.4 Å². The van der Waals surface area contributed by atoms with Crippen LogP contribution in [0.15, 0.2) is 52.9 Å². The number of nitrogens with zero attached hydrogens (tertiary/aromatic N) is 1. The highest BCUT2D eigenvalue weighted by Crippen LogP contribution is 2.30. The van der Waals surface area contributed by atoms with Crippen molar-refractivity contribution in [3.05, 3.63) is 87.7 Å². The highest BCUT2D eigenvalue weighted by Gasteiger charge is 2.36. The van der Waals surface area contributed by atoms with Crippen LogP contribution in [0.1, 0.15) is 77.0 Å². The van der Waals surface area contributed by atoms with E-state index in [2.05, 4.69) is 5.32 Å². The molecular formula is C26H22N2O7. The molecule has 0 fully saturated rings. The lowest BCUT2D eigenvalue weighted by Gasteiger charge is -2.13. The molecular weight excluding hydrogens is 452 g/mol. The lowest BCUT2D eigenvalue weighted by atomic mass is 10.0. The molecule has 0 spiro atoms. The number of hydrogen-bond acceptors (Lipinski definition) is 7.